The summed E-state index contributed by atoms with van der Waals surface area (Å²) in [6.45, 7) is 1.17. The van der Waals surface area contributed by atoms with E-state index < -0.39 is 11.7 Å². The zero-order chi connectivity index (χ0) is 9.68. The van der Waals surface area contributed by atoms with E-state index in [0.717, 1.165) is 0 Å². The number of ketones is 1. The number of carbonyl (C=O) groups excluding carboxylic acids is 2. The Morgan fingerprint density at radius 2 is 1.92 bits per heavy atom. The number of hydrogen-bond donors (Lipinski definition) is 2. The van der Waals surface area contributed by atoms with E-state index in [-0.39, 0.29) is 5.95 Å². The zero-order valence-corrected chi connectivity index (χ0v) is 6.94. The molecule has 1 aromatic heterocycles. The standard InChI is InChI=1S/C7H8N4O2/c1-5(12)6(13)10-11-7-8-3-2-4-9-7/h2-4H,1H3,(H,10,13)(H,8,9,11). The second-order valence-corrected chi connectivity index (χ2v) is 2.21. The molecular weight excluding hydrogens is 172 g/mol. The fourth-order valence-corrected chi connectivity index (χ4v) is 0.564. The first-order valence-corrected chi connectivity index (χ1v) is 3.54. The van der Waals surface area contributed by atoms with Gasteiger partial charge in [0.1, 0.15) is 0 Å². The summed E-state index contributed by atoms with van der Waals surface area (Å²) >= 11 is 0. The lowest BCUT2D eigenvalue weighted by atomic mass is 10.4. The first-order valence-electron chi connectivity index (χ1n) is 3.54. The van der Waals surface area contributed by atoms with Gasteiger partial charge in [-0.05, 0) is 6.07 Å². The Labute approximate surface area is 74.4 Å². The SMILES string of the molecule is CC(=O)C(=O)NNc1ncccn1. The van der Waals surface area contributed by atoms with Crippen LogP contribution in [0.15, 0.2) is 18.5 Å². The van der Waals surface area contributed by atoms with Gasteiger partial charge >= 0.3 is 5.91 Å². The molecule has 2 N–H and O–H groups in total. The molecular formula is C7H8N4O2. The van der Waals surface area contributed by atoms with Crippen LogP contribution in [0.1, 0.15) is 6.92 Å². The van der Waals surface area contributed by atoms with E-state index in [1.807, 2.05) is 0 Å². The Bertz CT molecular complexity index is 312. The molecule has 1 heterocycles. The van der Waals surface area contributed by atoms with Crippen LogP contribution >= 0.6 is 0 Å². The Hall–Kier alpha value is -1.98. The lowest BCUT2D eigenvalue weighted by molar-refractivity contribution is -0.136. The summed E-state index contributed by atoms with van der Waals surface area (Å²) in [5.74, 6) is -1.08. The highest BCUT2D eigenvalue weighted by Crippen LogP contribution is 1.89. The lowest BCUT2D eigenvalue weighted by Crippen LogP contribution is -2.34. The van der Waals surface area contributed by atoms with E-state index in [1.165, 1.54) is 19.3 Å². The Morgan fingerprint density at radius 1 is 1.31 bits per heavy atom. The van der Waals surface area contributed by atoms with Gasteiger partial charge in [0, 0.05) is 19.3 Å². The van der Waals surface area contributed by atoms with E-state index in [4.69, 9.17) is 0 Å². The van der Waals surface area contributed by atoms with Crippen LogP contribution in [0.5, 0.6) is 0 Å². The van der Waals surface area contributed by atoms with E-state index in [0.29, 0.717) is 0 Å². The maximum atomic E-state index is 10.7. The molecule has 0 aliphatic heterocycles. The molecule has 13 heavy (non-hydrogen) atoms. The number of nitrogens with one attached hydrogen (secondary N) is 2. The average Bonchev–Trinajstić information content (AvgIpc) is 2.15. The van der Waals surface area contributed by atoms with Crippen LogP contribution in [0.2, 0.25) is 0 Å². The second-order valence-electron chi connectivity index (χ2n) is 2.21. The van der Waals surface area contributed by atoms with Gasteiger partial charge in [-0.3, -0.25) is 20.4 Å². The van der Waals surface area contributed by atoms with Crippen LogP contribution in [-0.2, 0) is 9.59 Å². The number of Topliss-reactive ketones (excluding diaryl/α,β-unsaturated/α-hetero) is 1. The minimum absolute atomic E-state index is 0.233. The minimum atomic E-state index is -0.729. The third kappa shape index (κ3) is 2.86. The Kier molecular flexibility index (Phi) is 2.91. The van der Waals surface area contributed by atoms with Gasteiger partial charge in [0.15, 0.2) is 0 Å². The molecule has 0 spiro atoms. The van der Waals surface area contributed by atoms with Crippen LogP contribution in [-0.4, -0.2) is 21.7 Å². The third-order valence-corrected chi connectivity index (χ3v) is 1.17. The van der Waals surface area contributed by atoms with E-state index >= 15 is 0 Å². The van der Waals surface area contributed by atoms with Gasteiger partial charge in [-0.25, -0.2) is 9.97 Å². The van der Waals surface area contributed by atoms with Crippen molar-refractivity contribution in [2.45, 2.75) is 6.92 Å². The predicted molar refractivity (Wildman–Crippen MR) is 44.5 cm³/mol. The van der Waals surface area contributed by atoms with Crippen LogP contribution in [0.3, 0.4) is 0 Å². The molecule has 0 unspecified atom stereocenters. The highest BCUT2D eigenvalue weighted by molar-refractivity contribution is 6.35. The third-order valence-electron chi connectivity index (χ3n) is 1.17. The fourth-order valence-electron chi connectivity index (χ4n) is 0.564. The largest absolute Gasteiger partial charge is 0.305 e. The van der Waals surface area contributed by atoms with Crippen molar-refractivity contribution in [3.8, 4) is 0 Å². The Balaban J connectivity index is 2.44. The van der Waals surface area contributed by atoms with E-state index in [9.17, 15) is 9.59 Å². The van der Waals surface area contributed by atoms with Crippen LogP contribution in [0.25, 0.3) is 0 Å². The van der Waals surface area contributed by atoms with Crippen molar-refractivity contribution in [1.82, 2.24) is 15.4 Å². The van der Waals surface area contributed by atoms with Gasteiger partial charge in [-0.2, -0.15) is 0 Å². The number of hydrazine groups is 1. The maximum absolute atomic E-state index is 10.7. The molecule has 68 valence electrons. The molecule has 6 nitrogen and oxygen atoms in total. The summed E-state index contributed by atoms with van der Waals surface area (Å²) in [6.07, 6.45) is 3.02. The zero-order valence-electron chi connectivity index (χ0n) is 6.94. The van der Waals surface area contributed by atoms with Crippen molar-refractivity contribution >= 4 is 17.6 Å². The summed E-state index contributed by atoms with van der Waals surface area (Å²) < 4.78 is 0. The van der Waals surface area contributed by atoms with Crippen molar-refractivity contribution in [3.63, 3.8) is 0 Å². The van der Waals surface area contributed by atoms with Crippen molar-refractivity contribution in [2.24, 2.45) is 0 Å². The first-order chi connectivity index (χ1) is 6.20. The van der Waals surface area contributed by atoms with Crippen molar-refractivity contribution in [1.29, 1.82) is 0 Å². The molecule has 1 rings (SSSR count). The van der Waals surface area contributed by atoms with Gasteiger partial charge < -0.3 is 0 Å². The molecule has 0 fully saturated rings. The molecule has 0 aromatic carbocycles. The number of amides is 1. The van der Waals surface area contributed by atoms with Crippen molar-refractivity contribution < 1.29 is 9.59 Å². The number of hydrogen-bond acceptors (Lipinski definition) is 5. The quantitative estimate of drug-likeness (QED) is 0.484. The molecule has 0 saturated carbocycles. The van der Waals surface area contributed by atoms with Crippen LogP contribution < -0.4 is 10.9 Å². The number of carbonyl (C=O) groups is 2. The van der Waals surface area contributed by atoms with Crippen molar-refractivity contribution in [2.75, 3.05) is 5.43 Å². The van der Waals surface area contributed by atoms with Crippen LogP contribution in [0.4, 0.5) is 5.95 Å². The minimum Gasteiger partial charge on any atom is -0.289 e. The molecule has 1 amide bonds. The van der Waals surface area contributed by atoms with Crippen LogP contribution in [0, 0.1) is 0 Å². The maximum Gasteiger partial charge on any atom is 0.305 e. The van der Waals surface area contributed by atoms with Gasteiger partial charge in [-0.1, -0.05) is 0 Å². The smallest absolute Gasteiger partial charge is 0.289 e. The first kappa shape index (κ1) is 9.11. The molecule has 0 atom stereocenters. The predicted octanol–water partition coefficient (Wildman–Crippen LogP) is -0.491. The molecule has 0 radical (unpaired) electrons. The molecule has 0 aliphatic rings. The normalized spacial score (nSPS) is 9.00. The molecule has 0 saturated heterocycles. The topological polar surface area (TPSA) is 84.0 Å². The highest BCUT2D eigenvalue weighted by Gasteiger charge is 2.05. The molecule has 0 aliphatic carbocycles. The van der Waals surface area contributed by atoms with E-state index in [2.05, 4.69) is 20.8 Å². The average molecular weight is 180 g/mol. The van der Waals surface area contributed by atoms with Gasteiger partial charge in [0.05, 0.1) is 0 Å². The fraction of sp³-hybridized carbons (Fsp3) is 0.143. The number of anilines is 1. The number of nitrogens with zero attached hydrogens (tertiary/aromatic N) is 2. The van der Waals surface area contributed by atoms with Gasteiger partial charge in [-0.15, -0.1) is 0 Å². The summed E-state index contributed by atoms with van der Waals surface area (Å²) in [7, 11) is 0. The lowest BCUT2D eigenvalue weighted by Gasteiger charge is -2.02. The summed E-state index contributed by atoms with van der Waals surface area (Å²) in [6, 6.07) is 1.64. The monoisotopic (exact) mass is 180 g/mol. The second kappa shape index (κ2) is 4.15. The summed E-state index contributed by atoms with van der Waals surface area (Å²) in [5, 5.41) is 0. The van der Waals surface area contributed by atoms with Gasteiger partial charge in [0.25, 0.3) is 0 Å². The number of rotatable bonds is 3. The molecule has 0 bridgehead atoms. The number of aromatic nitrogens is 2. The Morgan fingerprint density at radius 3 is 2.46 bits per heavy atom. The molecule has 6 heteroatoms. The van der Waals surface area contributed by atoms with Crippen molar-refractivity contribution in [3.05, 3.63) is 18.5 Å². The summed E-state index contributed by atoms with van der Waals surface area (Å²) in [4.78, 5) is 28.7. The van der Waals surface area contributed by atoms with E-state index in [1.54, 1.807) is 6.07 Å². The highest BCUT2D eigenvalue weighted by atomic mass is 16.2. The van der Waals surface area contributed by atoms with Gasteiger partial charge in [0.2, 0.25) is 11.7 Å². The summed E-state index contributed by atoms with van der Waals surface area (Å²) in [5.41, 5.74) is 4.52. The molecule has 1 aromatic rings.